The Morgan fingerprint density at radius 2 is 0.917 bits per heavy atom. The van der Waals surface area contributed by atoms with Crippen molar-refractivity contribution in [3.63, 3.8) is 0 Å². The van der Waals surface area contributed by atoms with Gasteiger partial charge in [0, 0.05) is 33.9 Å². The molecule has 0 spiro atoms. The van der Waals surface area contributed by atoms with E-state index in [0.29, 0.717) is 0 Å². The van der Waals surface area contributed by atoms with Gasteiger partial charge in [0.15, 0.2) is 0 Å². The van der Waals surface area contributed by atoms with E-state index in [4.69, 9.17) is 9.97 Å². The lowest BCUT2D eigenvalue weighted by molar-refractivity contribution is 0.403. The van der Waals surface area contributed by atoms with Gasteiger partial charge in [0.05, 0.1) is 11.0 Å². The Labute approximate surface area is 214 Å². The van der Waals surface area contributed by atoms with Gasteiger partial charge in [0.25, 0.3) is 0 Å². The topological polar surface area (TPSA) is 25.8 Å². The Morgan fingerprint density at radius 1 is 0.500 bits per heavy atom. The molecule has 2 aliphatic carbocycles. The number of benzene rings is 3. The highest BCUT2D eigenvalue weighted by Gasteiger charge is 2.44. The molecular weight excluding hydrogens is 436 g/mol. The fraction of sp³-hybridized carbons (Fsp3) is 0.412. The first kappa shape index (κ1) is 22.2. The fourth-order valence-electron chi connectivity index (χ4n) is 8.53. The summed E-state index contributed by atoms with van der Waals surface area (Å²) in [7, 11) is 0. The molecule has 0 saturated heterocycles. The third-order valence-electron chi connectivity index (χ3n) is 9.40. The molecule has 0 atom stereocenters. The quantitative estimate of drug-likeness (QED) is 0.166. The molecule has 0 unspecified atom stereocenters. The van der Waals surface area contributed by atoms with Gasteiger partial charge in [-0.3, -0.25) is 9.97 Å². The summed E-state index contributed by atoms with van der Waals surface area (Å²) in [6.45, 7) is 19.0. The summed E-state index contributed by atoms with van der Waals surface area (Å²) in [5.74, 6) is 0. The van der Waals surface area contributed by atoms with Gasteiger partial charge in [0.2, 0.25) is 0 Å². The van der Waals surface area contributed by atoms with Crippen LogP contribution in [0.15, 0.2) is 48.8 Å². The monoisotopic (exact) mass is 472 g/mol. The zero-order valence-corrected chi connectivity index (χ0v) is 22.9. The first-order valence-corrected chi connectivity index (χ1v) is 13.4. The Bertz CT molecular complexity index is 1650. The SMILES string of the molecule is CC1(C)CC(C)(C)c2c1cnc1c2ccc2cc3ccc4c5c(cnc4c3cc21)C(C)(C)CC5(C)C. The smallest absolute Gasteiger partial charge is 0.0783 e. The van der Waals surface area contributed by atoms with Crippen LogP contribution in [0.1, 0.15) is 90.5 Å². The summed E-state index contributed by atoms with van der Waals surface area (Å²) in [5.41, 5.74) is 8.61. The number of hydrogen-bond acceptors (Lipinski definition) is 2. The Morgan fingerprint density at radius 3 is 1.33 bits per heavy atom. The molecule has 0 radical (unpaired) electrons. The predicted octanol–water partition coefficient (Wildman–Crippen LogP) is 9.01. The first-order valence-electron chi connectivity index (χ1n) is 13.4. The zero-order valence-electron chi connectivity index (χ0n) is 22.9. The molecule has 0 saturated carbocycles. The minimum absolute atomic E-state index is 0.137. The van der Waals surface area contributed by atoms with E-state index in [-0.39, 0.29) is 21.7 Å². The van der Waals surface area contributed by atoms with Crippen molar-refractivity contribution in [1.82, 2.24) is 9.97 Å². The highest BCUT2D eigenvalue weighted by Crippen LogP contribution is 2.53. The molecule has 0 N–H and O–H groups in total. The molecule has 2 aromatic heterocycles. The van der Waals surface area contributed by atoms with Crippen molar-refractivity contribution in [3.8, 4) is 0 Å². The molecular formula is C34H36N2. The Hall–Kier alpha value is -3.00. The number of fused-ring (bicyclic) bond motifs is 10. The Kier molecular flexibility index (Phi) is 3.99. The van der Waals surface area contributed by atoms with E-state index in [2.05, 4.69) is 104 Å². The van der Waals surface area contributed by atoms with Crippen LogP contribution in [0.3, 0.4) is 0 Å². The number of nitrogens with zero attached hydrogens (tertiary/aromatic N) is 2. The fourth-order valence-corrected chi connectivity index (χ4v) is 8.53. The average molecular weight is 473 g/mol. The zero-order chi connectivity index (χ0) is 25.4. The molecule has 5 aromatic rings. The highest BCUT2D eigenvalue weighted by molar-refractivity contribution is 6.16. The van der Waals surface area contributed by atoms with Crippen molar-refractivity contribution in [3.05, 3.63) is 71.0 Å². The van der Waals surface area contributed by atoms with Crippen LogP contribution in [0.5, 0.6) is 0 Å². The maximum absolute atomic E-state index is 5.11. The van der Waals surface area contributed by atoms with Crippen molar-refractivity contribution in [1.29, 1.82) is 0 Å². The lowest BCUT2D eigenvalue weighted by atomic mass is 9.81. The lowest BCUT2D eigenvalue weighted by Crippen LogP contribution is -2.18. The lowest BCUT2D eigenvalue weighted by Gasteiger charge is -2.23. The van der Waals surface area contributed by atoms with Crippen molar-refractivity contribution in [2.45, 2.75) is 89.9 Å². The third kappa shape index (κ3) is 2.74. The van der Waals surface area contributed by atoms with Crippen LogP contribution in [0.25, 0.3) is 43.4 Å². The average Bonchev–Trinajstić information content (AvgIpc) is 3.11. The van der Waals surface area contributed by atoms with E-state index < -0.39 is 0 Å². The summed E-state index contributed by atoms with van der Waals surface area (Å²) >= 11 is 0. The molecule has 3 aromatic carbocycles. The van der Waals surface area contributed by atoms with Gasteiger partial charge < -0.3 is 0 Å². The van der Waals surface area contributed by atoms with E-state index in [0.717, 1.165) is 23.9 Å². The normalized spacial score (nSPS) is 20.9. The van der Waals surface area contributed by atoms with E-state index >= 15 is 0 Å². The van der Waals surface area contributed by atoms with Gasteiger partial charge in [-0.1, -0.05) is 79.7 Å². The second-order valence-corrected chi connectivity index (χ2v) is 14.2. The minimum atomic E-state index is 0.137. The maximum atomic E-state index is 5.11. The van der Waals surface area contributed by atoms with E-state index in [1.165, 1.54) is 54.6 Å². The molecule has 2 heterocycles. The van der Waals surface area contributed by atoms with Crippen molar-refractivity contribution in [2.75, 3.05) is 0 Å². The van der Waals surface area contributed by atoms with Crippen LogP contribution in [-0.4, -0.2) is 9.97 Å². The minimum Gasteiger partial charge on any atom is -0.255 e. The van der Waals surface area contributed by atoms with Crippen LogP contribution >= 0.6 is 0 Å². The van der Waals surface area contributed by atoms with Gasteiger partial charge in [-0.25, -0.2) is 0 Å². The van der Waals surface area contributed by atoms with E-state index in [1.54, 1.807) is 0 Å². The molecule has 0 fully saturated rings. The highest BCUT2D eigenvalue weighted by atomic mass is 14.7. The van der Waals surface area contributed by atoms with Gasteiger partial charge in [-0.05, 0) is 79.7 Å². The molecule has 36 heavy (non-hydrogen) atoms. The number of aromatic nitrogens is 2. The summed E-state index contributed by atoms with van der Waals surface area (Å²) in [6.07, 6.45) is 6.62. The summed E-state index contributed by atoms with van der Waals surface area (Å²) in [6, 6.07) is 13.9. The number of pyridine rings is 2. The van der Waals surface area contributed by atoms with Crippen molar-refractivity contribution < 1.29 is 0 Å². The second-order valence-electron chi connectivity index (χ2n) is 14.2. The van der Waals surface area contributed by atoms with Gasteiger partial charge in [-0.15, -0.1) is 0 Å². The largest absolute Gasteiger partial charge is 0.255 e. The standard InChI is InChI=1S/C34H36N2/c1-31(2)17-33(5,6)27-21-11-9-19-13-20-10-12-22-28-26(32(3,4)18-34(28,7)8)16-36-30(22)24(20)14-23(19)29(21)35-15-25(27)31/h9-16H,17-18H2,1-8H3. The molecule has 0 amide bonds. The molecule has 2 aliphatic rings. The van der Waals surface area contributed by atoms with Crippen LogP contribution in [-0.2, 0) is 21.7 Å². The maximum Gasteiger partial charge on any atom is 0.0783 e. The van der Waals surface area contributed by atoms with Gasteiger partial charge >= 0.3 is 0 Å². The summed E-state index contributed by atoms with van der Waals surface area (Å²) < 4.78 is 0. The van der Waals surface area contributed by atoms with Crippen LogP contribution in [0.4, 0.5) is 0 Å². The van der Waals surface area contributed by atoms with E-state index in [9.17, 15) is 0 Å². The molecule has 7 rings (SSSR count). The molecule has 0 aliphatic heterocycles. The molecule has 2 nitrogen and oxygen atoms in total. The first-order chi connectivity index (χ1) is 16.8. The van der Waals surface area contributed by atoms with Crippen LogP contribution in [0, 0.1) is 0 Å². The van der Waals surface area contributed by atoms with Crippen molar-refractivity contribution in [2.24, 2.45) is 0 Å². The van der Waals surface area contributed by atoms with E-state index in [1.807, 2.05) is 0 Å². The molecule has 182 valence electrons. The number of hydrogen-bond donors (Lipinski definition) is 0. The van der Waals surface area contributed by atoms with Gasteiger partial charge in [-0.2, -0.15) is 0 Å². The second kappa shape index (κ2) is 6.46. The summed E-state index contributed by atoms with van der Waals surface area (Å²) in [5, 5.41) is 7.59. The Balaban J connectivity index is 1.58. The predicted molar refractivity (Wildman–Crippen MR) is 153 cm³/mol. The van der Waals surface area contributed by atoms with Gasteiger partial charge in [0.1, 0.15) is 0 Å². The van der Waals surface area contributed by atoms with Crippen molar-refractivity contribution >= 4 is 43.4 Å². The molecule has 0 bridgehead atoms. The van der Waals surface area contributed by atoms with Crippen LogP contribution in [0.2, 0.25) is 0 Å². The third-order valence-corrected chi connectivity index (χ3v) is 9.40. The number of rotatable bonds is 0. The van der Waals surface area contributed by atoms with Crippen LogP contribution < -0.4 is 0 Å². The molecule has 2 heteroatoms. The summed E-state index contributed by atoms with van der Waals surface area (Å²) in [4.78, 5) is 10.2.